The topological polar surface area (TPSA) is 52.0 Å². The van der Waals surface area contributed by atoms with E-state index in [1.54, 1.807) is 6.07 Å². The number of aryl methyl sites for hydroxylation is 1. The van der Waals surface area contributed by atoms with Crippen LogP contribution in [0.5, 0.6) is 0 Å². The maximum atomic E-state index is 13.7. The maximum absolute atomic E-state index is 13.7. The van der Waals surface area contributed by atoms with Crippen molar-refractivity contribution in [1.29, 1.82) is 0 Å². The van der Waals surface area contributed by atoms with E-state index in [9.17, 15) is 4.39 Å². The predicted molar refractivity (Wildman–Crippen MR) is 55.4 cm³/mol. The Morgan fingerprint density at radius 2 is 2.21 bits per heavy atom. The van der Waals surface area contributed by atoms with Gasteiger partial charge in [0, 0.05) is 11.6 Å². The normalized spacial score (nSPS) is 20.6. The highest BCUT2D eigenvalue weighted by atomic mass is 19.1. The van der Waals surface area contributed by atoms with Gasteiger partial charge in [-0.05, 0) is 43.4 Å². The van der Waals surface area contributed by atoms with Crippen molar-refractivity contribution >= 4 is 5.69 Å². The van der Waals surface area contributed by atoms with Crippen LogP contribution < -0.4 is 11.5 Å². The molecule has 2 rings (SSSR count). The molecule has 0 saturated carbocycles. The summed E-state index contributed by atoms with van der Waals surface area (Å²) in [5, 5.41) is 0. The molecule has 1 aliphatic carbocycles. The van der Waals surface area contributed by atoms with Crippen molar-refractivity contribution < 1.29 is 4.39 Å². The number of rotatable bonds is 0. The van der Waals surface area contributed by atoms with Gasteiger partial charge < -0.3 is 11.5 Å². The Balaban J connectivity index is 2.67. The molecular weight excluding hydrogens is 179 g/mol. The lowest BCUT2D eigenvalue weighted by molar-refractivity contribution is 0.519. The predicted octanol–water partition coefficient (Wildman–Crippen LogP) is 2.05. The Morgan fingerprint density at radius 3 is 2.93 bits per heavy atom. The largest absolute Gasteiger partial charge is 0.396 e. The summed E-state index contributed by atoms with van der Waals surface area (Å²) in [5.41, 5.74) is 14.5. The summed E-state index contributed by atoms with van der Waals surface area (Å²) in [4.78, 5) is 0. The molecular formula is C11H15FN2. The van der Waals surface area contributed by atoms with Gasteiger partial charge in [-0.3, -0.25) is 0 Å². The molecule has 0 aliphatic heterocycles. The molecule has 0 saturated heterocycles. The molecule has 3 heteroatoms. The van der Waals surface area contributed by atoms with Gasteiger partial charge in [-0.25, -0.2) is 4.39 Å². The van der Waals surface area contributed by atoms with Crippen molar-refractivity contribution in [3.05, 3.63) is 28.6 Å². The van der Waals surface area contributed by atoms with Gasteiger partial charge in [-0.1, -0.05) is 0 Å². The number of nitrogen functional groups attached to an aromatic ring is 1. The number of hydrogen-bond acceptors (Lipinski definition) is 2. The minimum atomic E-state index is -0.308. The van der Waals surface area contributed by atoms with E-state index in [0.29, 0.717) is 5.56 Å². The van der Waals surface area contributed by atoms with Crippen LogP contribution in [-0.2, 0) is 6.42 Å². The summed E-state index contributed by atoms with van der Waals surface area (Å²) in [7, 11) is 0. The van der Waals surface area contributed by atoms with E-state index in [1.807, 2.05) is 6.92 Å². The smallest absolute Gasteiger partial charge is 0.151 e. The molecule has 76 valence electrons. The maximum Gasteiger partial charge on any atom is 0.151 e. The number of fused-ring (bicyclic) bond motifs is 1. The van der Waals surface area contributed by atoms with Crippen molar-refractivity contribution in [1.82, 2.24) is 0 Å². The third-order valence-electron chi connectivity index (χ3n) is 2.98. The van der Waals surface area contributed by atoms with Gasteiger partial charge in [0.05, 0.1) is 5.69 Å². The molecule has 0 amide bonds. The molecule has 0 radical (unpaired) electrons. The van der Waals surface area contributed by atoms with Crippen LogP contribution in [0.4, 0.5) is 10.1 Å². The number of hydrogen-bond donors (Lipinski definition) is 2. The quantitative estimate of drug-likeness (QED) is 0.621. The third-order valence-corrected chi connectivity index (χ3v) is 2.98. The highest BCUT2D eigenvalue weighted by molar-refractivity contribution is 5.52. The van der Waals surface area contributed by atoms with Crippen molar-refractivity contribution in [3.63, 3.8) is 0 Å². The molecule has 14 heavy (non-hydrogen) atoms. The average Bonchev–Trinajstić information content (AvgIpc) is 2.14. The van der Waals surface area contributed by atoms with Gasteiger partial charge in [0.15, 0.2) is 5.82 Å². The molecule has 1 aromatic carbocycles. The summed E-state index contributed by atoms with van der Waals surface area (Å²) in [5.74, 6) is -0.308. The second kappa shape index (κ2) is 3.24. The first-order valence-electron chi connectivity index (χ1n) is 4.94. The second-order valence-electron chi connectivity index (χ2n) is 3.99. The van der Waals surface area contributed by atoms with Gasteiger partial charge in [0.1, 0.15) is 0 Å². The molecule has 1 aromatic rings. The van der Waals surface area contributed by atoms with Gasteiger partial charge in [-0.2, -0.15) is 0 Å². The van der Waals surface area contributed by atoms with E-state index >= 15 is 0 Å². The first-order chi connectivity index (χ1) is 6.61. The Bertz CT molecular complexity index is 374. The average molecular weight is 194 g/mol. The van der Waals surface area contributed by atoms with E-state index in [0.717, 1.165) is 30.4 Å². The van der Waals surface area contributed by atoms with Crippen LogP contribution in [0.2, 0.25) is 0 Å². The minimum absolute atomic E-state index is 0.180. The summed E-state index contributed by atoms with van der Waals surface area (Å²) in [6.07, 6.45) is 2.82. The fourth-order valence-electron chi connectivity index (χ4n) is 2.25. The molecule has 1 unspecified atom stereocenters. The van der Waals surface area contributed by atoms with Crippen molar-refractivity contribution in [3.8, 4) is 0 Å². The zero-order valence-corrected chi connectivity index (χ0v) is 8.31. The van der Waals surface area contributed by atoms with Crippen molar-refractivity contribution in [2.75, 3.05) is 5.73 Å². The van der Waals surface area contributed by atoms with Crippen LogP contribution in [0.1, 0.15) is 35.6 Å². The van der Waals surface area contributed by atoms with Crippen molar-refractivity contribution in [2.45, 2.75) is 32.2 Å². The number of halogens is 1. The van der Waals surface area contributed by atoms with Crippen LogP contribution in [0.3, 0.4) is 0 Å². The highest BCUT2D eigenvalue weighted by Gasteiger charge is 2.23. The van der Waals surface area contributed by atoms with Crippen LogP contribution in [0.25, 0.3) is 0 Å². The fraction of sp³-hybridized carbons (Fsp3) is 0.455. The molecule has 0 aromatic heterocycles. The zero-order chi connectivity index (χ0) is 10.3. The van der Waals surface area contributed by atoms with E-state index in [1.165, 1.54) is 0 Å². The summed E-state index contributed by atoms with van der Waals surface area (Å²) in [6.45, 7) is 1.96. The molecule has 0 spiro atoms. The first kappa shape index (κ1) is 9.46. The summed E-state index contributed by atoms with van der Waals surface area (Å²) < 4.78 is 13.7. The van der Waals surface area contributed by atoms with Crippen LogP contribution in [-0.4, -0.2) is 0 Å². The van der Waals surface area contributed by atoms with Crippen molar-refractivity contribution in [2.24, 2.45) is 5.73 Å². The monoisotopic (exact) mass is 194 g/mol. The lowest BCUT2D eigenvalue weighted by Gasteiger charge is -2.25. The molecule has 1 aliphatic rings. The van der Waals surface area contributed by atoms with Gasteiger partial charge in [0.2, 0.25) is 0 Å². The Kier molecular flexibility index (Phi) is 2.19. The first-order valence-corrected chi connectivity index (χ1v) is 4.94. The van der Waals surface area contributed by atoms with Gasteiger partial charge >= 0.3 is 0 Å². The van der Waals surface area contributed by atoms with Crippen LogP contribution in [0.15, 0.2) is 6.07 Å². The van der Waals surface area contributed by atoms with E-state index in [4.69, 9.17) is 11.5 Å². The molecule has 2 nitrogen and oxygen atoms in total. The lowest BCUT2D eigenvalue weighted by atomic mass is 9.85. The summed E-state index contributed by atoms with van der Waals surface area (Å²) >= 11 is 0. The molecule has 4 N–H and O–H groups in total. The molecule has 0 heterocycles. The molecule has 1 atom stereocenters. The Morgan fingerprint density at radius 1 is 1.50 bits per heavy atom. The number of nitrogens with two attached hydrogens (primary N) is 2. The lowest BCUT2D eigenvalue weighted by Crippen LogP contribution is -2.21. The second-order valence-corrected chi connectivity index (χ2v) is 3.99. The van der Waals surface area contributed by atoms with E-state index in [2.05, 4.69) is 0 Å². The SMILES string of the molecule is Cc1cc(N)c(F)c2c1CCCC2N. The third kappa shape index (κ3) is 1.28. The standard InChI is InChI=1S/C11H15FN2/c1-6-5-9(14)11(12)10-7(6)3-2-4-8(10)13/h5,8H,2-4,13-14H2,1H3. The number of anilines is 1. The van der Waals surface area contributed by atoms with Gasteiger partial charge in [0.25, 0.3) is 0 Å². The Labute approximate surface area is 83.1 Å². The van der Waals surface area contributed by atoms with Crippen LogP contribution in [0, 0.1) is 12.7 Å². The van der Waals surface area contributed by atoms with E-state index < -0.39 is 0 Å². The summed E-state index contributed by atoms with van der Waals surface area (Å²) in [6, 6.07) is 1.52. The van der Waals surface area contributed by atoms with E-state index in [-0.39, 0.29) is 17.5 Å². The molecule has 0 bridgehead atoms. The molecule has 0 fully saturated rings. The zero-order valence-electron chi connectivity index (χ0n) is 8.31. The Hall–Kier alpha value is -1.09. The van der Waals surface area contributed by atoms with Gasteiger partial charge in [-0.15, -0.1) is 0 Å². The highest BCUT2D eigenvalue weighted by Crippen LogP contribution is 2.34. The number of benzene rings is 1. The van der Waals surface area contributed by atoms with Crippen LogP contribution >= 0.6 is 0 Å². The fourth-order valence-corrected chi connectivity index (χ4v) is 2.25. The minimum Gasteiger partial charge on any atom is -0.396 e.